The molecule has 1 atom stereocenters. The first kappa shape index (κ1) is 12.5. The largest absolute Gasteiger partial charge is 0.342 e. The van der Waals surface area contributed by atoms with Crippen molar-refractivity contribution in [2.45, 2.75) is 25.2 Å². The lowest BCUT2D eigenvalue weighted by atomic mass is 10.1. The summed E-state index contributed by atoms with van der Waals surface area (Å²) < 4.78 is 5.33. The van der Waals surface area contributed by atoms with Gasteiger partial charge in [0.2, 0.25) is 5.91 Å². The maximum absolute atomic E-state index is 12.1. The molecule has 1 aliphatic heterocycles. The van der Waals surface area contributed by atoms with E-state index in [-0.39, 0.29) is 11.8 Å². The highest BCUT2D eigenvalue weighted by atomic mass is 16.5. The molecule has 1 saturated heterocycles. The van der Waals surface area contributed by atoms with Crippen LogP contribution in [-0.2, 0) is 4.79 Å². The van der Waals surface area contributed by atoms with Gasteiger partial charge in [-0.05, 0) is 31.4 Å². The van der Waals surface area contributed by atoms with Gasteiger partial charge < -0.3 is 9.42 Å². The summed E-state index contributed by atoms with van der Waals surface area (Å²) in [4.78, 5) is 22.5. The lowest BCUT2D eigenvalue weighted by Crippen LogP contribution is -2.29. The smallest absolute Gasteiger partial charge is 0.258 e. The molecule has 6 heteroatoms. The van der Waals surface area contributed by atoms with Crippen LogP contribution < -0.4 is 0 Å². The van der Waals surface area contributed by atoms with E-state index in [0.29, 0.717) is 24.2 Å². The van der Waals surface area contributed by atoms with Crippen LogP contribution in [0.2, 0.25) is 0 Å². The Bertz CT molecular complexity index is 651. The molecular formula is C15H16N4O2. The van der Waals surface area contributed by atoms with Crippen LogP contribution >= 0.6 is 0 Å². The normalized spacial score (nSPS) is 21.7. The molecule has 108 valence electrons. The average molecular weight is 284 g/mol. The van der Waals surface area contributed by atoms with Crippen LogP contribution in [0.3, 0.4) is 0 Å². The van der Waals surface area contributed by atoms with E-state index in [4.69, 9.17) is 4.52 Å². The van der Waals surface area contributed by atoms with Crippen molar-refractivity contribution in [2.24, 2.45) is 5.92 Å². The molecule has 2 aromatic heterocycles. The minimum atomic E-state index is 0.187. The van der Waals surface area contributed by atoms with Crippen molar-refractivity contribution < 1.29 is 9.32 Å². The number of aromatic nitrogens is 3. The highest BCUT2D eigenvalue weighted by Gasteiger charge is 2.38. The molecule has 1 aliphatic carbocycles. The summed E-state index contributed by atoms with van der Waals surface area (Å²) in [6.07, 6.45) is 6.41. The topological polar surface area (TPSA) is 72.1 Å². The summed E-state index contributed by atoms with van der Waals surface area (Å²) in [5.74, 6) is 1.98. The van der Waals surface area contributed by atoms with Crippen molar-refractivity contribution in [3.05, 3.63) is 30.4 Å². The van der Waals surface area contributed by atoms with Crippen LogP contribution in [-0.4, -0.2) is 39.0 Å². The number of pyridine rings is 1. The predicted octanol–water partition coefficient (Wildman–Crippen LogP) is 1.86. The Kier molecular flexibility index (Phi) is 2.94. The first-order valence-electron chi connectivity index (χ1n) is 7.34. The van der Waals surface area contributed by atoms with Gasteiger partial charge in [0, 0.05) is 42.9 Å². The van der Waals surface area contributed by atoms with E-state index in [1.807, 2.05) is 17.0 Å². The Hall–Kier alpha value is -2.24. The maximum Gasteiger partial charge on any atom is 0.258 e. The fourth-order valence-electron chi connectivity index (χ4n) is 2.77. The standard InChI is InChI=1S/C15H16N4O2/c20-15(11-1-2-11)19-8-5-12(9-19)13-17-14(21-18-13)10-3-6-16-7-4-10/h3-4,6-7,11-12H,1-2,5,8-9H2. The van der Waals surface area contributed by atoms with Crippen LogP contribution in [0, 0.1) is 5.92 Å². The Labute approximate surface area is 122 Å². The molecule has 0 radical (unpaired) electrons. The van der Waals surface area contributed by atoms with Crippen LogP contribution in [0.4, 0.5) is 0 Å². The summed E-state index contributed by atoms with van der Waals surface area (Å²) in [5.41, 5.74) is 0.868. The molecule has 1 unspecified atom stereocenters. The predicted molar refractivity (Wildman–Crippen MR) is 74.2 cm³/mol. The summed E-state index contributed by atoms with van der Waals surface area (Å²) in [7, 11) is 0. The maximum atomic E-state index is 12.1. The number of rotatable bonds is 3. The Morgan fingerprint density at radius 1 is 1.24 bits per heavy atom. The lowest BCUT2D eigenvalue weighted by Gasteiger charge is -2.14. The van der Waals surface area contributed by atoms with Crippen LogP contribution in [0.15, 0.2) is 29.0 Å². The number of carbonyl (C=O) groups is 1. The number of carbonyl (C=O) groups excluding carboxylic acids is 1. The molecule has 1 amide bonds. The molecule has 1 saturated carbocycles. The number of nitrogens with zero attached hydrogens (tertiary/aromatic N) is 4. The van der Waals surface area contributed by atoms with E-state index >= 15 is 0 Å². The zero-order valence-electron chi connectivity index (χ0n) is 11.6. The first-order valence-corrected chi connectivity index (χ1v) is 7.34. The van der Waals surface area contributed by atoms with Crippen LogP contribution in [0.25, 0.3) is 11.5 Å². The van der Waals surface area contributed by atoms with Gasteiger partial charge in [0.05, 0.1) is 0 Å². The fourth-order valence-corrected chi connectivity index (χ4v) is 2.77. The molecule has 0 bridgehead atoms. The van der Waals surface area contributed by atoms with E-state index in [0.717, 1.165) is 31.4 Å². The highest BCUT2D eigenvalue weighted by molar-refractivity contribution is 5.81. The monoisotopic (exact) mass is 284 g/mol. The molecule has 2 fully saturated rings. The first-order chi connectivity index (χ1) is 10.3. The fraction of sp³-hybridized carbons (Fsp3) is 0.467. The van der Waals surface area contributed by atoms with Crippen LogP contribution in [0.1, 0.15) is 31.0 Å². The van der Waals surface area contributed by atoms with Gasteiger partial charge in [-0.3, -0.25) is 9.78 Å². The van der Waals surface area contributed by atoms with Crippen molar-refractivity contribution in [1.82, 2.24) is 20.0 Å². The summed E-state index contributed by atoms with van der Waals surface area (Å²) >= 11 is 0. The van der Waals surface area contributed by atoms with Crippen molar-refractivity contribution in [2.75, 3.05) is 13.1 Å². The van der Waals surface area contributed by atoms with E-state index < -0.39 is 0 Å². The molecule has 0 aromatic carbocycles. The van der Waals surface area contributed by atoms with Gasteiger partial charge in [-0.15, -0.1) is 0 Å². The number of hydrogen-bond donors (Lipinski definition) is 0. The minimum Gasteiger partial charge on any atom is -0.342 e. The third kappa shape index (κ3) is 2.41. The Morgan fingerprint density at radius 2 is 2.05 bits per heavy atom. The molecular weight excluding hydrogens is 268 g/mol. The molecule has 21 heavy (non-hydrogen) atoms. The number of likely N-dealkylation sites (tertiary alicyclic amines) is 1. The third-order valence-electron chi connectivity index (χ3n) is 4.16. The molecule has 2 aromatic rings. The summed E-state index contributed by atoms with van der Waals surface area (Å²) in [6, 6.07) is 3.68. The second-order valence-electron chi connectivity index (χ2n) is 5.74. The molecule has 4 rings (SSSR count). The quantitative estimate of drug-likeness (QED) is 0.860. The van der Waals surface area contributed by atoms with E-state index in [2.05, 4.69) is 15.1 Å². The van der Waals surface area contributed by atoms with Gasteiger partial charge in [-0.2, -0.15) is 4.98 Å². The second kappa shape index (κ2) is 4.95. The van der Waals surface area contributed by atoms with Crippen molar-refractivity contribution in [1.29, 1.82) is 0 Å². The second-order valence-corrected chi connectivity index (χ2v) is 5.74. The third-order valence-corrected chi connectivity index (χ3v) is 4.16. The lowest BCUT2D eigenvalue weighted by molar-refractivity contribution is -0.131. The number of amides is 1. The van der Waals surface area contributed by atoms with Crippen molar-refractivity contribution in [3.63, 3.8) is 0 Å². The average Bonchev–Trinajstić information content (AvgIpc) is 3.06. The van der Waals surface area contributed by atoms with Crippen LogP contribution in [0.5, 0.6) is 0 Å². The Balaban J connectivity index is 1.48. The summed E-state index contributed by atoms with van der Waals surface area (Å²) in [6.45, 7) is 1.52. The zero-order chi connectivity index (χ0) is 14.2. The molecule has 3 heterocycles. The molecule has 0 N–H and O–H groups in total. The van der Waals surface area contributed by atoms with E-state index in [1.165, 1.54) is 0 Å². The molecule has 0 spiro atoms. The number of hydrogen-bond acceptors (Lipinski definition) is 5. The Morgan fingerprint density at radius 3 is 2.81 bits per heavy atom. The van der Waals surface area contributed by atoms with Gasteiger partial charge in [0.15, 0.2) is 5.82 Å². The molecule has 2 aliphatic rings. The van der Waals surface area contributed by atoms with Gasteiger partial charge in [-0.25, -0.2) is 0 Å². The van der Waals surface area contributed by atoms with Gasteiger partial charge in [0.25, 0.3) is 5.89 Å². The minimum absolute atomic E-state index is 0.187. The summed E-state index contributed by atoms with van der Waals surface area (Å²) in [5, 5.41) is 4.08. The van der Waals surface area contributed by atoms with Crippen molar-refractivity contribution in [3.8, 4) is 11.5 Å². The van der Waals surface area contributed by atoms with Gasteiger partial charge in [-0.1, -0.05) is 5.16 Å². The van der Waals surface area contributed by atoms with Gasteiger partial charge >= 0.3 is 0 Å². The molecule has 6 nitrogen and oxygen atoms in total. The highest BCUT2D eigenvalue weighted by Crippen LogP contribution is 2.34. The van der Waals surface area contributed by atoms with Crippen molar-refractivity contribution >= 4 is 5.91 Å². The van der Waals surface area contributed by atoms with Gasteiger partial charge in [0.1, 0.15) is 0 Å². The zero-order valence-corrected chi connectivity index (χ0v) is 11.6. The van der Waals surface area contributed by atoms with E-state index in [9.17, 15) is 4.79 Å². The SMILES string of the molecule is O=C(C1CC1)N1CCC(c2noc(-c3ccncc3)n2)C1. The van der Waals surface area contributed by atoms with E-state index in [1.54, 1.807) is 12.4 Å².